The SMILES string of the molecule is COC[C@@H](c1ccccc1)n1c(COC(C)C)nc(O)c(S(=O)(=O)c2ccc(-c3cnccc3C#N)cc2)c1=O. The molecule has 10 nitrogen and oxygen atoms in total. The predicted molar refractivity (Wildman–Crippen MR) is 146 cm³/mol. The number of hydrogen-bond donors (Lipinski definition) is 1. The molecule has 0 bridgehead atoms. The van der Waals surface area contributed by atoms with Crippen molar-refractivity contribution in [3.05, 3.63) is 100 Å². The van der Waals surface area contributed by atoms with E-state index in [1.807, 2.05) is 6.07 Å². The van der Waals surface area contributed by atoms with Gasteiger partial charge in [0.1, 0.15) is 12.4 Å². The van der Waals surface area contributed by atoms with E-state index in [1.165, 1.54) is 48.3 Å². The van der Waals surface area contributed by atoms with Crippen LogP contribution in [-0.2, 0) is 25.9 Å². The van der Waals surface area contributed by atoms with E-state index >= 15 is 0 Å². The van der Waals surface area contributed by atoms with Gasteiger partial charge in [-0.25, -0.2) is 8.42 Å². The fourth-order valence-electron chi connectivity index (χ4n) is 4.26. The number of rotatable bonds is 10. The summed E-state index contributed by atoms with van der Waals surface area (Å²) in [6.07, 6.45) is 2.78. The van der Waals surface area contributed by atoms with Gasteiger partial charge in [-0.15, -0.1) is 0 Å². The Morgan fingerprint density at radius 3 is 2.40 bits per heavy atom. The number of ether oxygens (including phenoxy) is 2. The van der Waals surface area contributed by atoms with Crippen LogP contribution in [0.3, 0.4) is 0 Å². The second-order valence-electron chi connectivity index (χ2n) is 9.16. The Morgan fingerprint density at radius 2 is 1.77 bits per heavy atom. The van der Waals surface area contributed by atoms with Crippen molar-refractivity contribution >= 4 is 9.84 Å². The molecule has 11 heteroatoms. The molecule has 0 radical (unpaired) electrons. The van der Waals surface area contributed by atoms with Gasteiger partial charge in [0.25, 0.3) is 5.56 Å². The molecular weight excluding hydrogens is 532 g/mol. The summed E-state index contributed by atoms with van der Waals surface area (Å²) in [7, 11) is -3.05. The first-order chi connectivity index (χ1) is 19.2. The Bertz CT molecular complexity index is 1700. The number of sulfone groups is 1. The molecule has 0 aliphatic rings. The van der Waals surface area contributed by atoms with E-state index in [1.54, 1.807) is 44.2 Å². The van der Waals surface area contributed by atoms with E-state index in [9.17, 15) is 23.6 Å². The summed E-state index contributed by atoms with van der Waals surface area (Å²) in [5.41, 5.74) is 1.19. The van der Waals surface area contributed by atoms with E-state index in [0.717, 1.165) is 0 Å². The molecule has 1 N–H and O–H groups in total. The van der Waals surface area contributed by atoms with Gasteiger partial charge in [-0.3, -0.25) is 14.3 Å². The molecule has 2 heterocycles. The number of methoxy groups -OCH3 is 1. The van der Waals surface area contributed by atoms with Gasteiger partial charge in [0, 0.05) is 25.1 Å². The van der Waals surface area contributed by atoms with Crippen molar-refractivity contribution in [2.24, 2.45) is 0 Å². The van der Waals surface area contributed by atoms with Crippen LogP contribution in [0.4, 0.5) is 0 Å². The van der Waals surface area contributed by atoms with Gasteiger partial charge in [-0.2, -0.15) is 10.2 Å². The molecule has 2 aromatic carbocycles. The maximum absolute atomic E-state index is 14.0. The second-order valence-corrected chi connectivity index (χ2v) is 11.0. The Labute approximate surface area is 232 Å². The van der Waals surface area contributed by atoms with Crippen molar-refractivity contribution in [2.75, 3.05) is 13.7 Å². The molecule has 4 aromatic rings. The van der Waals surface area contributed by atoms with Crippen molar-refractivity contribution in [1.82, 2.24) is 14.5 Å². The lowest BCUT2D eigenvalue weighted by Gasteiger charge is -2.24. The van der Waals surface area contributed by atoms with Crippen molar-refractivity contribution in [3.8, 4) is 23.1 Å². The molecule has 1 atom stereocenters. The van der Waals surface area contributed by atoms with Crippen molar-refractivity contribution in [1.29, 1.82) is 5.26 Å². The molecular formula is C29H28N4O6S. The predicted octanol–water partition coefficient (Wildman–Crippen LogP) is 3.88. The average Bonchev–Trinajstić information content (AvgIpc) is 2.95. The van der Waals surface area contributed by atoms with Crippen molar-refractivity contribution in [2.45, 2.75) is 42.4 Å². The Balaban J connectivity index is 1.88. The number of hydrogen-bond acceptors (Lipinski definition) is 9. The van der Waals surface area contributed by atoms with Crippen LogP contribution in [0.5, 0.6) is 5.88 Å². The van der Waals surface area contributed by atoms with E-state index in [-0.39, 0.29) is 30.0 Å². The van der Waals surface area contributed by atoms with Gasteiger partial charge >= 0.3 is 0 Å². The van der Waals surface area contributed by atoms with Gasteiger partial charge in [-0.05, 0) is 43.2 Å². The molecule has 40 heavy (non-hydrogen) atoms. The largest absolute Gasteiger partial charge is 0.492 e. The van der Waals surface area contributed by atoms with Crippen LogP contribution in [0.2, 0.25) is 0 Å². The lowest BCUT2D eigenvalue weighted by atomic mass is 10.0. The molecule has 206 valence electrons. The lowest BCUT2D eigenvalue weighted by molar-refractivity contribution is 0.0557. The Kier molecular flexibility index (Phi) is 8.74. The quantitative estimate of drug-likeness (QED) is 0.305. The summed E-state index contributed by atoms with van der Waals surface area (Å²) in [4.78, 5) is 21.0. The first-order valence-corrected chi connectivity index (χ1v) is 13.9. The minimum Gasteiger partial charge on any atom is -0.492 e. The summed E-state index contributed by atoms with van der Waals surface area (Å²) in [6, 6.07) is 17.5. The molecule has 0 unspecified atom stereocenters. The third kappa shape index (κ3) is 5.79. The average molecular weight is 561 g/mol. The van der Waals surface area contributed by atoms with Gasteiger partial charge in [-0.1, -0.05) is 42.5 Å². The maximum Gasteiger partial charge on any atom is 0.277 e. The third-order valence-electron chi connectivity index (χ3n) is 6.18. The Morgan fingerprint density at radius 1 is 1.07 bits per heavy atom. The van der Waals surface area contributed by atoms with Crippen molar-refractivity contribution < 1.29 is 23.0 Å². The summed E-state index contributed by atoms with van der Waals surface area (Å²) in [6.45, 7) is 3.50. The highest BCUT2D eigenvalue weighted by atomic mass is 32.2. The zero-order valence-electron chi connectivity index (χ0n) is 22.2. The number of aromatic nitrogens is 3. The molecule has 0 saturated heterocycles. The van der Waals surface area contributed by atoms with Crippen molar-refractivity contribution in [3.63, 3.8) is 0 Å². The van der Waals surface area contributed by atoms with Gasteiger partial charge < -0.3 is 14.6 Å². The number of nitrogens with zero attached hydrogens (tertiary/aromatic N) is 4. The zero-order chi connectivity index (χ0) is 28.9. The summed E-state index contributed by atoms with van der Waals surface area (Å²) in [5.74, 6) is -0.868. The molecule has 4 rings (SSSR count). The van der Waals surface area contributed by atoms with Crippen LogP contribution in [0.25, 0.3) is 11.1 Å². The van der Waals surface area contributed by atoms with Crippen LogP contribution in [0.1, 0.15) is 36.8 Å². The number of nitriles is 1. The number of aromatic hydroxyl groups is 1. The molecule has 2 aromatic heterocycles. The van der Waals surface area contributed by atoms with E-state index in [0.29, 0.717) is 22.3 Å². The standard InChI is InChI=1S/C29H28N4O6S/c1-19(2)39-18-26-32-28(34)27(29(35)33(26)25(17-38-3)21-7-5-4-6-8-21)40(36,37)23-11-9-20(10-12-23)24-16-31-14-13-22(24)15-30/h4-14,16,19,25,34H,17-18H2,1-3H3/t25-/m0/s1. The van der Waals surface area contributed by atoms with Crippen LogP contribution >= 0.6 is 0 Å². The molecule has 0 amide bonds. The topological polar surface area (TPSA) is 144 Å². The van der Waals surface area contributed by atoms with E-state index in [2.05, 4.69) is 16.0 Å². The zero-order valence-corrected chi connectivity index (χ0v) is 23.0. The minimum absolute atomic E-state index is 0.0333. The highest BCUT2D eigenvalue weighted by Crippen LogP contribution is 2.30. The molecule has 0 spiro atoms. The van der Waals surface area contributed by atoms with Crippen LogP contribution < -0.4 is 5.56 Å². The smallest absolute Gasteiger partial charge is 0.277 e. The molecule has 0 aliphatic carbocycles. The molecule has 0 saturated carbocycles. The second kappa shape index (κ2) is 12.2. The monoisotopic (exact) mass is 560 g/mol. The molecule has 0 fully saturated rings. The first-order valence-electron chi connectivity index (χ1n) is 12.4. The summed E-state index contributed by atoms with van der Waals surface area (Å²) in [5, 5.41) is 20.2. The highest BCUT2D eigenvalue weighted by molar-refractivity contribution is 7.91. The third-order valence-corrected chi connectivity index (χ3v) is 7.97. The Hall–Kier alpha value is -4.37. The summed E-state index contributed by atoms with van der Waals surface area (Å²) >= 11 is 0. The normalized spacial score (nSPS) is 12.3. The highest BCUT2D eigenvalue weighted by Gasteiger charge is 2.32. The number of benzene rings is 2. The van der Waals surface area contributed by atoms with Gasteiger partial charge in [0.05, 0.1) is 35.3 Å². The van der Waals surface area contributed by atoms with Gasteiger partial charge in [0.15, 0.2) is 4.90 Å². The van der Waals surface area contributed by atoms with Crippen LogP contribution in [0.15, 0.2) is 87.6 Å². The first kappa shape index (κ1) is 28.6. The minimum atomic E-state index is -4.52. The lowest BCUT2D eigenvalue weighted by Crippen LogP contribution is -2.35. The van der Waals surface area contributed by atoms with E-state index < -0.39 is 32.2 Å². The fourth-order valence-corrected chi connectivity index (χ4v) is 5.60. The summed E-state index contributed by atoms with van der Waals surface area (Å²) < 4.78 is 39.8. The number of pyridine rings is 1. The molecule has 0 aliphatic heterocycles. The van der Waals surface area contributed by atoms with E-state index in [4.69, 9.17) is 9.47 Å². The fraction of sp³-hybridized carbons (Fsp3) is 0.241. The van der Waals surface area contributed by atoms with Gasteiger partial charge in [0.2, 0.25) is 15.7 Å². The van der Waals surface area contributed by atoms with Crippen LogP contribution in [-0.4, -0.2) is 47.9 Å². The van der Waals surface area contributed by atoms with Crippen LogP contribution in [0, 0.1) is 11.3 Å². The maximum atomic E-state index is 14.0.